The zero-order valence-electron chi connectivity index (χ0n) is 8.04. The van der Waals surface area contributed by atoms with Crippen molar-refractivity contribution in [3.8, 4) is 11.3 Å². The fraction of sp³-hybridized carbons (Fsp3) is 0.0909. The Labute approximate surface area is 101 Å². The largest absolute Gasteiger partial charge is 0.251 e. The summed E-state index contributed by atoms with van der Waals surface area (Å²) in [5.41, 5.74) is 2.85. The summed E-state index contributed by atoms with van der Waals surface area (Å²) in [7, 11) is 0. The molecule has 0 saturated heterocycles. The highest BCUT2D eigenvalue weighted by atomic mass is 79.9. The van der Waals surface area contributed by atoms with E-state index in [9.17, 15) is 0 Å². The predicted octanol–water partition coefficient (Wildman–Crippen LogP) is 3.87. The minimum atomic E-state index is 0.424. The summed E-state index contributed by atoms with van der Waals surface area (Å²) in [6, 6.07) is 5.99. The van der Waals surface area contributed by atoms with E-state index in [-0.39, 0.29) is 0 Å². The van der Waals surface area contributed by atoms with Crippen LogP contribution in [0.1, 0.15) is 5.56 Å². The third-order valence-corrected chi connectivity index (χ3v) is 3.23. The molecule has 1 heterocycles. The summed E-state index contributed by atoms with van der Waals surface area (Å²) in [4.78, 5) is 8.20. The molecule has 15 heavy (non-hydrogen) atoms. The second-order valence-corrected chi connectivity index (χ2v) is 4.37. The van der Waals surface area contributed by atoms with Crippen LogP contribution in [0.4, 0.5) is 0 Å². The summed E-state index contributed by atoms with van der Waals surface area (Å²) in [6.45, 7) is 2.03. The first-order valence-corrected chi connectivity index (χ1v) is 5.58. The van der Waals surface area contributed by atoms with Gasteiger partial charge in [-0.2, -0.15) is 0 Å². The lowest BCUT2D eigenvalue weighted by Gasteiger charge is -2.04. The zero-order valence-corrected chi connectivity index (χ0v) is 10.4. The van der Waals surface area contributed by atoms with Crippen LogP contribution in [0.3, 0.4) is 0 Å². The highest BCUT2D eigenvalue weighted by Crippen LogP contribution is 2.27. The molecule has 2 aromatic rings. The maximum absolute atomic E-state index is 5.96. The Hall–Kier alpha value is -0.930. The minimum absolute atomic E-state index is 0.424. The minimum Gasteiger partial charge on any atom is -0.251 e. The molecule has 0 atom stereocenters. The Morgan fingerprint density at radius 3 is 2.60 bits per heavy atom. The first-order chi connectivity index (χ1) is 7.18. The van der Waals surface area contributed by atoms with E-state index in [0.29, 0.717) is 10.8 Å². The van der Waals surface area contributed by atoms with Gasteiger partial charge in [0, 0.05) is 22.4 Å². The van der Waals surface area contributed by atoms with E-state index < -0.39 is 0 Å². The third-order valence-electron chi connectivity index (χ3n) is 2.10. The maximum Gasteiger partial charge on any atom is 0.155 e. The molecular weight excluding hydrogens is 275 g/mol. The van der Waals surface area contributed by atoms with Crippen molar-refractivity contribution in [2.24, 2.45) is 0 Å². The van der Waals surface area contributed by atoms with Gasteiger partial charge in [0.1, 0.15) is 5.69 Å². The van der Waals surface area contributed by atoms with Crippen molar-refractivity contribution in [2.45, 2.75) is 6.92 Å². The Morgan fingerprint density at radius 1 is 1.20 bits per heavy atom. The number of hydrogen-bond acceptors (Lipinski definition) is 2. The molecule has 0 amide bonds. The standard InChI is InChI=1S/C11H8BrClN2/c1-7-2-3-8(6-9(7)12)10-11(13)15-5-4-14-10/h2-6H,1H3. The molecule has 0 fully saturated rings. The smallest absolute Gasteiger partial charge is 0.155 e. The summed E-state index contributed by atoms with van der Waals surface area (Å²) in [5, 5.41) is 0.424. The van der Waals surface area contributed by atoms with Gasteiger partial charge in [0.15, 0.2) is 5.15 Å². The van der Waals surface area contributed by atoms with Crippen LogP contribution in [0.5, 0.6) is 0 Å². The molecular formula is C11H8BrClN2. The SMILES string of the molecule is Cc1ccc(-c2nccnc2Cl)cc1Br. The van der Waals surface area contributed by atoms with Crippen LogP contribution in [-0.2, 0) is 0 Å². The molecule has 0 N–H and O–H groups in total. The molecule has 0 saturated carbocycles. The molecule has 0 aliphatic heterocycles. The molecule has 1 aromatic heterocycles. The molecule has 1 aromatic carbocycles. The topological polar surface area (TPSA) is 25.8 Å². The second-order valence-electron chi connectivity index (χ2n) is 3.16. The van der Waals surface area contributed by atoms with Gasteiger partial charge in [-0.05, 0) is 18.6 Å². The Kier molecular flexibility index (Phi) is 3.03. The van der Waals surface area contributed by atoms with Crippen molar-refractivity contribution in [1.29, 1.82) is 0 Å². The predicted molar refractivity (Wildman–Crippen MR) is 64.9 cm³/mol. The van der Waals surface area contributed by atoms with Crippen molar-refractivity contribution in [1.82, 2.24) is 9.97 Å². The molecule has 76 valence electrons. The fourth-order valence-electron chi connectivity index (χ4n) is 1.25. The molecule has 2 nitrogen and oxygen atoms in total. The Balaban J connectivity index is 2.55. The van der Waals surface area contributed by atoms with E-state index in [1.807, 2.05) is 25.1 Å². The van der Waals surface area contributed by atoms with Crippen molar-refractivity contribution < 1.29 is 0 Å². The average molecular weight is 284 g/mol. The van der Waals surface area contributed by atoms with Gasteiger partial charge in [-0.15, -0.1) is 0 Å². The Morgan fingerprint density at radius 2 is 1.93 bits per heavy atom. The van der Waals surface area contributed by atoms with Crippen LogP contribution in [-0.4, -0.2) is 9.97 Å². The van der Waals surface area contributed by atoms with Gasteiger partial charge in [0.25, 0.3) is 0 Å². The summed E-state index contributed by atoms with van der Waals surface area (Å²) < 4.78 is 1.04. The molecule has 0 bridgehead atoms. The van der Waals surface area contributed by atoms with Crippen molar-refractivity contribution in [2.75, 3.05) is 0 Å². The molecule has 4 heteroatoms. The van der Waals surface area contributed by atoms with Crippen molar-refractivity contribution in [3.63, 3.8) is 0 Å². The van der Waals surface area contributed by atoms with E-state index in [2.05, 4.69) is 25.9 Å². The first-order valence-electron chi connectivity index (χ1n) is 4.41. The quantitative estimate of drug-likeness (QED) is 0.794. The molecule has 2 rings (SSSR count). The molecule has 0 unspecified atom stereocenters. The van der Waals surface area contributed by atoms with Crippen LogP contribution >= 0.6 is 27.5 Å². The lowest BCUT2D eigenvalue weighted by atomic mass is 10.1. The number of rotatable bonds is 1. The highest BCUT2D eigenvalue weighted by molar-refractivity contribution is 9.10. The number of aromatic nitrogens is 2. The second kappa shape index (κ2) is 4.29. The van der Waals surface area contributed by atoms with E-state index in [1.54, 1.807) is 12.4 Å². The van der Waals surface area contributed by atoms with E-state index in [4.69, 9.17) is 11.6 Å². The summed E-state index contributed by atoms with van der Waals surface area (Å²) >= 11 is 9.44. The monoisotopic (exact) mass is 282 g/mol. The molecule has 0 spiro atoms. The van der Waals surface area contributed by atoms with Crippen LogP contribution in [0.15, 0.2) is 35.1 Å². The number of hydrogen-bond donors (Lipinski definition) is 0. The van der Waals surface area contributed by atoms with Crippen molar-refractivity contribution >= 4 is 27.5 Å². The number of nitrogens with zero attached hydrogens (tertiary/aromatic N) is 2. The van der Waals surface area contributed by atoms with Gasteiger partial charge in [-0.1, -0.05) is 39.7 Å². The molecule has 0 radical (unpaired) electrons. The van der Waals surface area contributed by atoms with Gasteiger partial charge in [-0.25, -0.2) is 4.98 Å². The van der Waals surface area contributed by atoms with Gasteiger partial charge >= 0.3 is 0 Å². The first kappa shape index (κ1) is 10.6. The van der Waals surface area contributed by atoms with Crippen LogP contribution in [0.2, 0.25) is 5.15 Å². The fourth-order valence-corrected chi connectivity index (χ4v) is 1.85. The molecule has 0 aliphatic rings. The van der Waals surface area contributed by atoms with E-state index in [1.165, 1.54) is 5.56 Å². The van der Waals surface area contributed by atoms with Crippen LogP contribution in [0.25, 0.3) is 11.3 Å². The average Bonchev–Trinajstić information content (AvgIpc) is 2.23. The number of aryl methyl sites for hydroxylation is 1. The number of halogens is 2. The lowest BCUT2D eigenvalue weighted by Crippen LogP contribution is -1.88. The van der Waals surface area contributed by atoms with Crippen molar-refractivity contribution in [3.05, 3.63) is 45.8 Å². The summed E-state index contributed by atoms with van der Waals surface area (Å²) in [5.74, 6) is 0. The van der Waals surface area contributed by atoms with Crippen LogP contribution in [0, 0.1) is 6.92 Å². The lowest BCUT2D eigenvalue weighted by molar-refractivity contribution is 1.20. The normalized spacial score (nSPS) is 10.3. The Bertz CT molecular complexity index is 500. The van der Waals surface area contributed by atoms with E-state index >= 15 is 0 Å². The van der Waals surface area contributed by atoms with Gasteiger partial charge in [-0.3, -0.25) is 4.98 Å². The van der Waals surface area contributed by atoms with E-state index in [0.717, 1.165) is 10.0 Å². The highest BCUT2D eigenvalue weighted by Gasteiger charge is 2.06. The van der Waals surface area contributed by atoms with Gasteiger partial charge in [0.05, 0.1) is 0 Å². The summed E-state index contributed by atoms with van der Waals surface area (Å²) in [6.07, 6.45) is 3.21. The van der Waals surface area contributed by atoms with Gasteiger partial charge in [0.2, 0.25) is 0 Å². The number of benzene rings is 1. The molecule has 0 aliphatic carbocycles. The zero-order chi connectivity index (χ0) is 10.8. The van der Waals surface area contributed by atoms with Crippen LogP contribution < -0.4 is 0 Å². The third kappa shape index (κ3) is 2.19. The van der Waals surface area contributed by atoms with Gasteiger partial charge < -0.3 is 0 Å². The maximum atomic E-state index is 5.96.